The van der Waals surface area contributed by atoms with Crippen LogP contribution in [0.15, 0.2) is 42.6 Å². The number of nitrogens with one attached hydrogen (secondary N) is 1. The average Bonchev–Trinajstić information content (AvgIpc) is 3.01. The average molecular weight is 385 g/mol. The van der Waals surface area contributed by atoms with Crippen LogP contribution in [0.5, 0.6) is 0 Å². The topological polar surface area (TPSA) is 63.2 Å². The second kappa shape index (κ2) is 8.92. The summed E-state index contributed by atoms with van der Waals surface area (Å²) in [5, 5.41) is 0. The van der Waals surface area contributed by atoms with Crippen molar-refractivity contribution in [2.24, 2.45) is 0 Å². The van der Waals surface area contributed by atoms with E-state index in [1.54, 1.807) is 12.1 Å². The number of benzene rings is 1. The molecular formula is C20H24N4O2S. The molecule has 1 aromatic carbocycles. The number of aryl methyl sites for hydroxylation is 1. The van der Waals surface area contributed by atoms with E-state index in [0.29, 0.717) is 10.3 Å². The smallest absolute Gasteiger partial charge is 0.337 e. The molecular weight excluding hydrogens is 360 g/mol. The van der Waals surface area contributed by atoms with Gasteiger partial charge in [0.05, 0.1) is 23.7 Å². The number of aromatic nitrogens is 3. The lowest BCUT2D eigenvalue weighted by molar-refractivity contribution is 0.0601. The van der Waals surface area contributed by atoms with Gasteiger partial charge in [-0.05, 0) is 62.6 Å². The van der Waals surface area contributed by atoms with Crippen molar-refractivity contribution < 1.29 is 9.53 Å². The summed E-state index contributed by atoms with van der Waals surface area (Å²) >= 11 is 5.45. The molecule has 27 heavy (non-hydrogen) atoms. The number of imidazole rings is 1. The Morgan fingerprint density at radius 1 is 1.30 bits per heavy atom. The Balaban J connectivity index is 1.57. The minimum atomic E-state index is -0.349. The van der Waals surface area contributed by atoms with Gasteiger partial charge >= 0.3 is 5.97 Å². The summed E-state index contributed by atoms with van der Waals surface area (Å²) in [6, 6.07) is 11.5. The summed E-state index contributed by atoms with van der Waals surface area (Å²) in [5.74, 6) is -0.349. The molecule has 0 aliphatic heterocycles. The van der Waals surface area contributed by atoms with E-state index in [2.05, 4.69) is 32.5 Å². The Hall–Kier alpha value is -2.51. The van der Waals surface area contributed by atoms with Crippen LogP contribution in [0.25, 0.3) is 11.0 Å². The van der Waals surface area contributed by atoms with E-state index in [-0.39, 0.29) is 5.97 Å². The van der Waals surface area contributed by atoms with Crippen LogP contribution in [0.3, 0.4) is 0 Å². The summed E-state index contributed by atoms with van der Waals surface area (Å²) in [5.41, 5.74) is 3.49. The Labute approximate surface area is 163 Å². The standard InChI is InChI=1S/C20H24N4O2S/c1-23(13-9-16-6-3-4-10-21-16)11-5-12-24-18-8-7-15(19(25)26-2)14-17(18)22-20(24)27/h3-4,6-8,10,14H,5,9,11-13H2,1-2H3,(H,22,27). The highest BCUT2D eigenvalue weighted by atomic mass is 32.1. The number of pyridine rings is 1. The minimum absolute atomic E-state index is 0.349. The number of likely N-dealkylation sites (N-methyl/N-ethyl adjacent to an activating group) is 1. The number of H-pyrrole nitrogens is 1. The predicted octanol–water partition coefficient (Wildman–Crippen LogP) is 3.45. The maximum absolute atomic E-state index is 11.7. The lowest BCUT2D eigenvalue weighted by Crippen LogP contribution is -2.23. The molecule has 0 fully saturated rings. The Morgan fingerprint density at radius 3 is 2.89 bits per heavy atom. The number of nitrogens with zero attached hydrogens (tertiary/aromatic N) is 3. The van der Waals surface area contributed by atoms with Crippen molar-refractivity contribution in [3.8, 4) is 0 Å². The van der Waals surface area contributed by atoms with Gasteiger partial charge in [0.25, 0.3) is 0 Å². The zero-order valence-corrected chi connectivity index (χ0v) is 16.5. The Bertz CT molecular complexity index is 965. The maximum Gasteiger partial charge on any atom is 0.337 e. The predicted molar refractivity (Wildman–Crippen MR) is 109 cm³/mol. The third kappa shape index (κ3) is 4.81. The zero-order valence-electron chi connectivity index (χ0n) is 15.6. The molecule has 0 aliphatic carbocycles. The van der Waals surface area contributed by atoms with Crippen molar-refractivity contribution in [2.45, 2.75) is 19.4 Å². The highest BCUT2D eigenvalue weighted by Gasteiger charge is 2.10. The highest BCUT2D eigenvalue weighted by molar-refractivity contribution is 7.71. The summed E-state index contributed by atoms with van der Waals surface area (Å²) < 4.78 is 7.52. The van der Waals surface area contributed by atoms with Gasteiger partial charge in [0, 0.05) is 31.4 Å². The van der Waals surface area contributed by atoms with Crippen LogP contribution in [0.2, 0.25) is 0 Å². The molecule has 0 aliphatic rings. The van der Waals surface area contributed by atoms with Gasteiger partial charge in [0.15, 0.2) is 4.77 Å². The molecule has 2 heterocycles. The number of carbonyl (C=O) groups excluding carboxylic acids is 1. The van der Waals surface area contributed by atoms with Gasteiger partial charge in [-0.25, -0.2) is 4.79 Å². The first-order chi connectivity index (χ1) is 13.1. The first kappa shape index (κ1) is 19.3. The van der Waals surface area contributed by atoms with Crippen molar-refractivity contribution in [3.63, 3.8) is 0 Å². The number of carbonyl (C=O) groups is 1. The fourth-order valence-electron chi connectivity index (χ4n) is 3.09. The molecule has 0 saturated heterocycles. The molecule has 3 aromatic rings. The van der Waals surface area contributed by atoms with Crippen LogP contribution in [0.4, 0.5) is 0 Å². The first-order valence-corrected chi connectivity index (χ1v) is 9.38. The molecule has 7 heteroatoms. The fourth-order valence-corrected chi connectivity index (χ4v) is 3.39. The second-order valence-corrected chi connectivity index (χ2v) is 6.92. The first-order valence-electron chi connectivity index (χ1n) is 8.98. The second-order valence-electron chi connectivity index (χ2n) is 6.53. The molecule has 0 atom stereocenters. The van der Waals surface area contributed by atoms with E-state index >= 15 is 0 Å². The van der Waals surface area contributed by atoms with Crippen molar-refractivity contribution >= 4 is 29.2 Å². The zero-order chi connectivity index (χ0) is 19.2. The lowest BCUT2D eigenvalue weighted by atomic mass is 10.2. The lowest BCUT2D eigenvalue weighted by Gasteiger charge is -2.16. The van der Waals surface area contributed by atoms with Crippen LogP contribution in [-0.2, 0) is 17.7 Å². The molecule has 0 amide bonds. The Morgan fingerprint density at radius 2 is 2.15 bits per heavy atom. The van der Waals surface area contributed by atoms with Crippen LogP contribution in [0.1, 0.15) is 22.5 Å². The number of fused-ring (bicyclic) bond motifs is 1. The van der Waals surface area contributed by atoms with Crippen LogP contribution >= 0.6 is 12.2 Å². The number of ether oxygens (including phenoxy) is 1. The van der Waals surface area contributed by atoms with Gasteiger partial charge in [0.1, 0.15) is 0 Å². The monoisotopic (exact) mass is 384 g/mol. The van der Waals surface area contributed by atoms with E-state index in [0.717, 1.165) is 49.2 Å². The van der Waals surface area contributed by atoms with Crippen molar-refractivity contribution in [1.29, 1.82) is 0 Å². The number of hydrogen-bond acceptors (Lipinski definition) is 5. The van der Waals surface area contributed by atoms with Crippen molar-refractivity contribution in [3.05, 3.63) is 58.6 Å². The highest BCUT2D eigenvalue weighted by Crippen LogP contribution is 2.17. The molecule has 142 valence electrons. The summed E-state index contributed by atoms with van der Waals surface area (Å²) in [7, 11) is 3.50. The maximum atomic E-state index is 11.7. The van der Waals surface area contributed by atoms with Crippen LogP contribution < -0.4 is 0 Å². The van der Waals surface area contributed by atoms with Crippen molar-refractivity contribution in [1.82, 2.24) is 19.4 Å². The van der Waals surface area contributed by atoms with Gasteiger partial charge in [-0.1, -0.05) is 6.07 Å². The van der Waals surface area contributed by atoms with E-state index in [4.69, 9.17) is 17.0 Å². The molecule has 6 nitrogen and oxygen atoms in total. The van der Waals surface area contributed by atoms with E-state index in [1.807, 2.05) is 24.4 Å². The quantitative estimate of drug-likeness (QED) is 0.476. The Kier molecular flexibility index (Phi) is 6.36. The molecule has 0 saturated carbocycles. The number of methoxy groups -OCH3 is 1. The molecule has 3 rings (SSSR count). The van der Waals surface area contributed by atoms with E-state index < -0.39 is 0 Å². The van der Waals surface area contributed by atoms with Crippen LogP contribution in [-0.4, -0.2) is 52.7 Å². The van der Waals surface area contributed by atoms with Gasteiger partial charge in [0.2, 0.25) is 0 Å². The molecule has 0 spiro atoms. The summed E-state index contributed by atoms with van der Waals surface area (Å²) in [4.78, 5) is 21.5. The van der Waals surface area contributed by atoms with Gasteiger partial charge in [-0.3, -0.25) is 4.98 Å². The van der Waals surface area contributed by atoms with Gasteiger partial charge in [-0.2, -0.15) is 0 Å². The van der Waals surface area contributed by atoms with Gasteiger partial charge < -0.3 is 19.2 Å². The molecule has 0 radical (unpaired) electrons. The van der Waals surface area contributed by atoms with Crippen LogP contribution in [0, 0.1) is 4.77 Å². The number of esters is 1. The fraction of sp³-hybridized carbons (Fsp3) is 0.350. The SMILES string of the molecule is COC(=O)c1ccc2c(c1)[nH]c(=S)n2CCCN(C)CCc1ccccn1. The number of aromatic amines is 1. The number of rotatable bonds is 8. The molecule has 0 bridgehead atoms. The van der Waals surface area contributed by atoms with E-state index in [1.165, 1.54) is 7.11 Å². The third-order valence-electron chi connectivity index (χ3n) is 4.59. The van der Waals surface area contributed by atoms with Crippen molar-refractivity contribution in [2.75, 3.05) is 27.2 Å². The molecule has 1 N–H and O–H groups in total. The largest absolute Gasteiger partial charge is 0.465 e. The summed E-state index contributed by atoms with van der Waals surface area (Å²) in [6.07, 6.45) is 3.76. The van der Waals surface area contributed by atoms with Gasteiger partial charge in [-0.15, -0.1) is 0 Å². The summed E-state index contributed by atoms with van der Waals surface area (Å²) in [6.45, 7) is 2.77. The normalized spacial score (nSPS) is 11.2. The van der Waals surface area contributed by atoms with E-state index in [9.17, 15) is 4.79 Å². The number of hydrogen-bond donors (Lipinski definition) is 1. The minimum Gasteiger partial charge on any atom is -0.465 e. The molecule has 2 aromatic heterocycles. The third-order valence-corrected chi connectivity index (χ3v) is 4.92. The molecule has 0 unspecified atom stereocenters.